The normalized spacial score (nSPS) is 19.5. The van der Waals surface area contributed by atoms with Crippen molar-refractivity contribution in [3.8, 4) is 11.5 Å². The van der Waals surface area contributed by atoms with Crippen LogP contribution in [0.5, 0.6) is 11.5 Å². The number of ether oxygens (including phenoxy) is 3. The summed E-state index contributed by atoms with van der Waals surface area (Å²) in [5.41, 5.74) is 1.96. The van der Waals surface area contributed by atoms with Gasteiger partial charge in [0.25, 0.3) is 0 Å². The zero-order valence-corrected chi connectivity index (χ0v) is 18.5. The highest BCUT2D eigenvalue weighted by molar-refractivity contribution is 5.88. The molecule has 1 atom stereocenters. The average Bonchev–Trinajstić information content (AvgIpc) is 3.44. The molecule has 168 valence electrons. The summed E-state index contributed by atoms with van der Waals surface area (Å²) in [6, 6.07) is 7.65. The van der Waals surface area contributed by atoms with E-state index >= 15 is 0 Å². The monoisotopic (exact) mass is 429 g/mol. The van der Waals surface area contributed by atoms with Crippen LogP contribution in [0.4, 0.5) is 10.6 Å². The Morgan fingerprint density at radius 3 is 2.68 bits per heavy atom. The minimum absolute atomic E-state index is 0.0361. The number of piperazine rings is 1. The average molecular weight is 430 g/mol. The molecule has 1 aromatic carbocycles. The lowest BCUT2D eigenvalue weighted by Crippen LogP contribution is -2.49. The maximum atomic E-state index is 12.8. The number of aromatic nitrogens is 2. The molecule has 0 saturated carbocycles. The Balaban J connectivity index is 1.31. The van der Waals surface area contributed by atoms with Crippen molar-refractivity contribution >= 4 is 11.8 Å². The lowest BCUT2D eigenvalue weighted by atomic mass is 10.1. The van der Waals surface area contributed by atoms with Gasteiger partial charge in [-0.2, -0.15) is 5.10 Å². The number of rotatable bonds is 6. The summed E-state index contributed by atoms with van der Waals surface area (Å²) in [7, 11) is 5.18. The van der Waals surface area contributed by atoms with Gasteiger partial charge in [-0.15, -0.1) is 0 Å². The molecular weight excluding hydrogens is 398 g/mol. The molecule has 31 heavy (non-hydrogen) atoms. The number of aryl methyl sites for hydroxylation is 1. The van der Waals surface area contributed by atoms with E-state index in [9.17, 15) is 4.79 Å². The number of nitrogens with one attached hydrogen (secondary N) is 1. The molecule has 3 heterocycles. The second-order valence-corrected chi connectivity index (χ2v) is 7.95. The van der Waals surface area contributed by atoms with Crippen LogP contribution in [0.1, 0.15) is 30.2 Å². The van der Waals surface area contributed by atoms with Gasteiger partial charge >= 0.3 is 6.03 Å². The molecule has 0 bridgehead atoms. The van der Waals surface area contributed by atoms with Crippen molar-refractivity contribution in [1.29, 1.82) is 0 Å². The number of amides is 2. The maximum Gasteiger partial charge on any atom is 0.323 e. The van der Waals surface area contributed by atoms with E-state index in [1.165, 1.54) is 0 Å². The summed E-state index contributed by atoms with van der Waals surface area (Å²) in [6.07, 6.45) is 2.06. The zero-order chi connectivity index (χ0) is 21.8. The van der Waals surface area contributed by atoms with E-state index in [1.807, 2.05) is 36.2 Å². The van der Waals surface area contributed by atoms with Crippen LogP contribution < -0.4 is 14.8 Å². The molecule has 1 aromatic heterocycles. The molecule has 1 N–H and O–H groups in total. The quantitative estimate of drug-likeness (QED) is 0.760. The van der Waals surface area contributed by atoms with E-state index in [1.54, 1.807) is 18.9 Å². The summed E-state index contributed by atoms with van der Waals surface area (Å²) in [6.45, 7) is 4.43. The van der Waals surface area contributed by atoms with Crippen LogP contribution in [-0.2, 0) is 18.3 Å². The summed E-state index contributed by atoms with van der Waals surface area (Å²) in [5.74, 6) is 2.35. The van der Waals surface area contributed by atoms with Crippen LogP contribution in [0.25, 0.3) is 0 Å². The van der Waals surface area contributed by atoms with E-state index in [-0.39, 0.29) is 12.1 Å². The fourth-order valence-electron chi connectivity index (χ4n) is 4.12. The van der Waals surface area contributed by atoms with Crippen LogP contribution in [0.15, 0.2) is 24.3 Å². The number of carbonyl (C=O) groups excluding carboxylic acids is 1. The lowest BCUT2D eigenvalue weighted by molar-refractivity contribution is 0.108. The molecular formula is C22H31N5O4. The van der Waals surface area contributed by atoms with Crippen molar-refractivity contribution < 1.29 is 19.0 Å². The Kier molecular flexibility index (Phi) is 6.62. The molecule has 0 radical (unpaired) electrons. The van der Waals surface area contributed by atoms with Crippen LogP contribution in [0.3, 0.4) is 0 Å². The van der Waals surface area contributed by atoms with Gasteiger partial charge in [0.05, 0.1) is 19.9 Å². The maximum absolute atomic E-state index is 12.8. The Morgan fingerprint density at radius 2 is 2.00 bits per heavy atom. The third-order valence-corrected chi connectivity index (χ3v) is 5.93. The topological polar surface area (TPSA) is 81.1 Å². The van der Waals surface area contributed by atoms with Crippen molar-refractivity contribution in [3.63, 3.8) is 0 Å². The number of anilines is 1. The first-order valence-electron chi connectivity index (χ1n) is 10.7. The zero-order valence-electron chi connectivity index (χ0n) is 18.5. The molecule has 4 rings (SSSR count). The van der Waals surface area contributed by atoms with Gasteiger partial charge in [-0.1, -0.05) is 0 Å². The van der Waals surface area contributed by atoms with Crippen molar-refractivity contribution in [2.24, 2.45) is 7.05 Å². The van der Waals surface area contributed by atoms with Crippen molar-refractivity contribution in [2.75, 3.05) is 52.3 Å². The molecule has 0 aliphatic carbocycles. The van der Waals surface area contributed by atoms with Gasteiger partial charge in [0, 0.05) is 58.0 Å². The predicted octanol–water partition coefficient (Wildman–Crippen LogP) is 2.64. The first-order chi connectivity index (χ1) is 15.1. The molecule has 2 aliphatic heterocycles. The number of hydrogen-bond donors (Lipinski definition) is 1. The van der Waals surface area contributed by atoms with Gasteiger partial charge in [0.2, 0.25) is 0 Å². The van der Waals surface area contributed by atoms with Crippen LogP contribution in [-0.4, -0.2) is 72.6 Å². The highest BCUT2D eigenvalue weighted by atomic mass is 16.5. The molecule has 9 heteroatoms. The molecule has 1 unspecified atom stereocenters. The first kappa shape index (κ1) is 21.5. The highest BCUT2D eigenvalue weighted by Gasteiger charge is 2.25. The van der Waals surface area contributed by atoms with E-state index < -0.39 is 0 Å². The second kappa shape index (κ2) is 9.57. The van der Waals surface area contributed by atoms with E-state index in [2.05, 4.69) is 15.3 Å². The number of nitrogens with zero attached hydrogens (tertiary/aromatic N) is 4. The Morgan fingerprint density at radius 1 is 1.19 bits per heavy atom. The molecule has 2 amide bonds. The van der Waals surface area contributed by atoms with E-state index in [0.29, 0.717) is 18.9 Å². The third kappa shape index (κ3) is 4.94. The van der Waals surface area contributed by atoms with Gasteiger partial charge in [-0.05, 0) is 31.0 Å². The Bertz CT molecular complexity index is 901. The molecule has 2 aromatic rings. The van der Waals surface area contributed by atoms with Gasteiger partial charge in [0.1, 0.15) is 23.4 Å². The fraction of sp³-hybridized carbons (Fsp3) is 0.545. The summed E-state index contributed by atoms with van der Waals surface area (Å²) in [4.78, 5) is 17.0. The fourth-order valence-corrected chi connectivity index (χ4v) is 4.12. The van der Waals surface area contributed by atoms with Gasteiger partial charge < -0.3 is 19.1 Å². The Hall–Kier alpha value is -2.78. The van der Waals surface area contributed by atoms with Gasteiger partial charge in [0.15, 0.2) is 0 Å². The summed E-state index contributed by atoms with van der Waals surface area (Å²) >= 11 is 0. The van der Waals surface area contributed by atoms with Crippen molar-refractivity contribution in [2.45, 2.75) is 25.5 Å². The standard InChI is InChI=1S/C22H31N5O4/c1-25-21(14-18(24-25)20-5-4-12-31-20)23-22(28)27-10-8-26(9-11-27)15-16-13-17(29-2)6-7-19(16)30-3/h6-7,13-14,20H,4-5,8-12,15H2,1-3H3,(H,23,28). The SMILES string of the molecule is COc1ccc(OC)c(CN2CCN(C(=O)Nc3cc(C4CCCO4)nn3C)CC2)c1. The van der Waals surface area contributed by atoms with Crippen LogP contribution in [0.2, 0.25) is 0 Å². The van der Waals surface area contributed by atoms with Gasteiger partial charge in [-0.25, -0.2) is 4.79 Å². The number of hydrogen-bond acceptors (Lipinski definition) is 6. The molecule has 0 spiro atoms. The predicted molar refractivity (Wildman–Crippen MR) is 117 cm³/mol. The molecule has 2 fully saturated rings. The van der Waals surface area contributed by atoms with Crippen LogP contribution in [0, 0.1) is 0 Å². The smallest absolute Gasteiger partial charge is 0.323 e. The number of methoxy groups -OCH3 is 2. The minimum atomic E-state index is -0.0968. The highest BCUT2D eigenvalue weighted by Crippen LogP contribution is 2.29. The number of carbonyl (C=O) groups is 1. The molecule has 2 aliphatic rings. The second-order valence-electron chi connectivity index (χ2n) is 7.95. The Labute approximate surface area is 182 Å². The summed E-state index contributed by atoms with van der Waals surface area (Å²) in [5, 5.41) is 7.51. The largest absolute Gasteiger partial charge is 0.497 e. The molecule has 2 saturated heterocycles. The molecule has 9 nitrogen and oxygen atoms in total. The number of benzene rings is 1. The number of urea groups is 1. The minimum Gasteiger partial charge on any atom is -0.497 e. The van der Waals surface area contributed by atoms with Crippen LogP contribution >= 0.6 is 0 Å². The first-order valence-corrected chi connectivity index (χ1v) is 10.7. The van der Waals surface area contributed by atoms with Gasteiger partial charge in [-0.3, -0.25) is 14.9 Å². The third-order valence-electron chi connectivity index (χ3n) is 5.93. The van der Waals surface area contributed by atoms with E-state index in [4.69, 9.17) is 14.2 Å². The van der Waals surface area contributed by atoms with E-state index in [0.717, 1.165) is 61.8 Å². The van der Waals surface area contributed by atoms with Crippen molar-refractivity contribution in [1.82, 2.24) is 19.6 Å². The summed E-state index contributed by atoms with van der Waals surface area (Å²) < 4.78 is 18.2. The van der Waals surface area contributed by atoms with Crippen molar-refractivity contribution in [3.05, 3.63) is 35.5 Å². The lowest BCUT2D eigenvalue weighted by Gasteiger charge is -2.34.